The predicted molar refractivity (Wildman–Crippen MR) is 80.1 cm³/mol. The number of rotatable bonds is 2. The van der Waals surface area contributed by atoms with Crippen LogP contribution in [0.15, 0.2) is 53.4 Å². The van der Waals surface area contributed by atoms with E-state index in [4.69, 9.17) is 5.73 Å². The second kappa shape index (κ2) is 4.52. The highest BCUT2D eigenvalue weighted by Gasteiger charge is 2.35. The van der Waals surface area contributed by atoms with Crippen LogP contribution in [0.5, 0.6) is 0 Å². The van der Waals surface area contributed by atoms with E-state index in [0.717, 1.165) is 5.56 Å². The third kappa shape index (κ3) is 1.94. The summed E-state index contributed by atoms with van der Waals surface area (Å²) in [5, 5.41) is 0. The Morgan fingerprint density at radius 3 is 2.55 bits per heavy atom. The Kier molecular flexibility index (Phi) is 2.94. The molecular formula is C15H16N2O2S. The molecule has 0 unspecified atom stereocenters. The van der Waals surface area contributed by atoms with Crippen molar-refractivity contribution in [1.29, 1.82) is 0 Å². The van der Waals surface area contributed by atoms with Crippen molar-refractivity contribution in [2.24, 2.45) is 0 Å². The van der Waals surface area contributed by atoms with Gasteiger partial charge in [-0.2, -0.15) is 0 Å². The smallest absolute Gasteiger partial charge is 0.264 e. The molecule has 2 aromatic rings. The molecule has 0 saturated carbocycles. The van der Waals surface area contributed by atoms with Gasteiger partial charge in [0.05, 0.1) is 10.6 Å². The van der Waals surface area contributed by atoms with Crippen molar-refractivity contribution in [3.63, 3.8) is 0 Å². The minimum Gasteiger partial charge on any atom is -0.399 e. The fraction of sp³-hybridized carbons (Fsp3) is 0.200. The molecule has 0 bridgehead atoms. The van der Waals surface area contributed by atoms with Gasteiger partial charge < -0.3 is 5.73 Å². The van der Waals surface area contributed by atoms with E-state index in [2.05, 4.69) is 0 Å². The van der Waals surface area contributed by atoms with Crippen LogP contribution < -0.4 is 10.0 Å². The minimum absolute atomic E-state index is 0.1000. The number of nitrogen functional groups attached to an aromatic ring is 1. The maximum absolute atomic E-state index is 12.8. The number of nitrogens with zero attached hydrogens (tertiary/aromatic N) is 1. The normalized spacial score (nSPS) is 18.1. The van der Waals surface area contributed by atoms with Crippen molar-refractivity contribution < 1.29 is 8.42 Å². The summed E-state index contributed by atoms with van der Waals surface area (Å²) in [6, 6.07) is 13.8. The van der Waals surface area contributed by atoms with Gasteiger partial charge in [0, 0.05) is 11.7 Å². The second-order valence-corrected chi connectivity index (χ2v) is 6.87. The van der Waals surface area contributed by atoms with E-state index in [1.54, 1.807) is 36.4 Å². The van der Waals surface area contributed by atoms with Crippen LogP contribution in [0, 0.1) is 0 Å². The van der Waals surface area contributed by atoms with Gasteiger partial charge in [-0.3, -0.25) is 4.31 Å². The lowest BCUT2D eigenvalue weighted by Gasteiger charge is -2.24. The molecule has 1 atom stereocenters. The number of hydrogen-bond donors (Lipinski definition) is 1. The van der Waals surface area contributed by atoms with Crippen LogP contribution in [0.2, 0.25) is 0 Å². The summed E-state index contributed by atoms with van der Waals surface area (Å²) < 4.78 is 27.1. The Hall–Kier alpha value is -2.01. The van der Waals surface area contributed by atoms with Crippen LogP contribution in [-0.2, 0) is 16.4 Å². The lowest BCUT2D eigenvalue weighted by atomic mass is 10.1. The van der Waals surface area contributed by atoms with Crippen LogP contribution in [-0.4, -0.2) is 14.5 Å². The van der Waals surface area contributed by atoms with Crippen LogP contribution >= 0.6 is 0 Å². The average Bonchev–Trinajstić information content (AvgIpc) is 2.75. The Morgan fingerprint density at radius 2 is 1.85 bits per heavy atom. The number of sulfonamides is 1. The lowest BCUT2D eigenvalue weighted by Crippen LogP contribution is -2.35. The van der Waals surface area contributed by atoms with Crippen LogP contribution in [0.25, 0.3) is 0 Å². The third-order valence-electron chi connectivity index (χ3n) is 3.56. The zero-order valence-corrected chi connectivity index (χ0v) is 12.0. The van der Waals surface area contributed by atoms with Gasteiger partial charge in [-0.1, -0.05) is 24.3 Å². The molecule has 1 heterocycles. The Bertz CT molecular complexity index is 742. The molecule has 3 rings (SSSR count). The summed E-state index contributed by atoms with van der Waals surface area (Å²) in [5.74, 6) is 0. The average molecular weight is 288 g/mol. The Labute approximate surface area is 118 Å². The summed E-state index contributed by atoms with van der Waals surface area (Å²) in [6.45, 7) is 1.91. The van der Waals surface area contributed by atoms with Gasteiger partial charge in [-0.15, -0.1) is 0 Å². The number of fused-ring (bicyclic) bond motifs is 1. The van der Waals surface area contributed by atoms with E-state index in [0.29, 0.717) is 22.7 Å². The van der Waals surface area contributed by atoms with Crippen LogP contribution in [0.3, 0.4) is 0 Å². The Morgan fingerprint density at radius 1 is 1.15 bits per heavy atom. The molecule has 1 aliphatic rings. The first-order valence-electron chi connectivity index (χ1n) is 6.48. The first-order chi connectivity index (χ1) is 9.50. The fourth-order valence-electron chi connectivity index (χ4n) is 2.67. The zero-order valence-electron chi connectivity index (χ0n) is 11.2. The van der Waals surface area contributed by atoms with Crippen molar-refractivity contribution >= 4 is 21.4 Å². The number of benzene rings is 2. The fourth-order valence-corrected chi connectivity index (χ4v) is 4.38. The molecule has 0 aromatic heterocycles. The van der Waals surface area contributed by atoms with Crippen molar-refractivity contribution in [1.82, 2.24) is 0 Å². The standard InChI is InChI=1S/C15H16N2O2S/c1-11-9-12-7-8-13(16)10-15(12)17(11)20(18,19)14-5-3-2-4-6-14/h2-8,10-11H,9,16H2,1H3/t11-/m0/s1. The first-order valence-corrected chi connectivity index (χ1v) is 7.92. The maximum atomic E-state index is 12.8. The molecule has 0 amide bonds. The highest BCUT2D eigenvalue weighted by Crippen LogP contribution is 2.37. The number of hydrogen-bond acceptors (Lipinski definition) is 3. The molecule has 0 saturated heterocycles. The number of anilines is 2. The van der Waals surface area contributed by atoms with Gasteiger partial charge in [0.2, 0.25) is 0 Å². The highest BCUT2D eigenvalue weighted by atomic mass is 32.2. The van der Waals surface area contributed by atoms with Crippen molar-refractivity contribution in [2.45, 2.75) is 24.3 Å². The van der Waals surface area contributed by atoms with Gasteiger partial charge in [0.25, 0.3) is 10.0 Å². The van der Waals surface area contributed by atoms with Gasteiger partial charge in [0.15, 0.2) is 0 Å². The topological polar surface area (TPSA) is 63.4 Å². The molecule has 20 heavy (non-hydrogen) atoms. The zero-order chi connectivity index (χ0) is 14.3. The van der Waals surface area contributed by atoms with E-state index < -0.39 is 10.0 Å². The van der Waals surface area contributed by atoms with Crippen LogP contribution in [0.1, 0.15) is 12.5 Å². The molecule has 0 spiro atoms. The summed E-state index contributed by atoms with van der Waals surface area (Å²) in [6.07, 6.45) is 0.710. The van der Waals surface area contributed by atoms with E-state index in [1.165, 1.54) is 4.31 Å². The van der Waals surface area contributed by atoms with Crippen molar-refractivity contribution in [3.05, 3.63) is 54.1 Å². The van der Waals surface area contributed by atoms with Gasteiger partial charge in [-0.25, -0.2) is 8.42 Å². The summed E-state index contributed by atoms with van der Waals surface area (Å²) in [7, 11) is -3.54. The van der Waals surface area contributed by atoms with Gasteiger partial charge in [0.1, 0.15) is 0 Å². The highest BCUT2D eigenvalue weighted by molar-refractivity contribution is 7.92. The first kappa shape index (κ1) is 13.0. The molecule has 5 heteroatoms. The van der Waals surface area contributed by atoms with Crippen molar-refractivity contribution in [2.75, 3.05) is 10.0 Å². The van der Waals surface area contributed by atoms with E-state index in [1.807, 2.05) is 19.1 Å². The minimum atomic E-state index is -3.54. The SMILES string of the molecule is C[C@H]1Cc2ccc(N)cc2N1S(=O)(=O)c1ccccc1. The third-order valence-corrected chi connectivity index (χ3v) is 5.50. The lowest BCUT2D eigenvalue weighted by molar-refractivity contribution is 0.584. The predicted octanol–water partition coefficient (Wildman–Crippen LogP) is 2.41. The van der Waals surface area contributed by atoms with E-state index in [9.17, 15) is 8.42 Å². The Balaban J connectivity index is 2.14. The molecule has 4 nitrogen and oxygen atoms in total. The summed E-state index contributed by atoms with van der Waals surface area (Å²) in [5.41, 5.74) is 8.09. The molecule has 2 N–H and O–H groups in total. The molecule has 2 aromatic carbocycles. The van der Waals surface area contributed by atoms with E-state index >= 15 is 0 Å². The van der Waals surface area contributed by atoms with Crippen LogP contribution in [0.4, 0.5) is 11.4 Å². The molecule has 0 fully saturated rings. The summed E-state index contributed by atoms with van der Waals surface area (Å²) >= 11 is 0. The van der Waals surface area contributed by atoms with E-state index in [-0.39, 0.29) is 6.04 Å². The second-order valence-electron chi connectivity index (χ2n) is 5.06. The molecule has 0 aliphatic carbocycles. The molecule has 0 radical (unpaired) electrons. The monoisotopic (exact) mass is 288 g/mol. The molecular weight excluding hydrogens is 272 g/mol. The van der Waals surface area contributed by atoms with Gasteiger partial charge in [-0.05, 0) is 43.2 Å². The maximum Gasteiger partial charge on any atom is 0.264 e. The number of nitrogens with two attached hydrogens (primary N) is 1. The quantitative estimate of drug-likeness (QED) is 0.863. The van der Waals surface area contributed by atoms with Crippen molar-refractivity contribution in [3.8, 4) is 0 Å². The summed E-state index contributed by atoms with van der Waals surface area (Å²) in [4.78, 5) is 0.308. The molecule has 104 valence electrons. The van der Waals surface area contributed by atoms with Gasteiger partial charge >= 0.3 is 0 Å². The molecule has 1 aliphatic heterocycles. The largest absolute Gasteiger partial charge is 0.399 e.